The number of ketones is 1. The monoisotopic (exact) mass is 351 g/mol. The third-order valence-electron chi connectivity index (χ3n) is 5.14. The van der Waals surface area contributed by atoms with Gasteiger partial charge in [-0.25, -0.2) is 5.32 Å². The van der Waals surface area contributed by atoms with Gasteiger partial charge in [0, 0.05) is 24.6 Å². The minimum atomic E-state index is -0.180. The average molecular weight is 351 g/mol. The molecule has 134 valence electrons. The summed E-state index contributed by atoms with van der Waals surface area (Å²) in [5, 5.41) is 7.98. The van der Waals surface area contributed by atoms with Crippen molar-refractivity contribution in [2.75, 3.05) is 13.8 Å². The predicted octanol–water partition coefficient (Wildman–Crippen LogP) is 2.95. The Morgan fingerprint density at radius 1 is 1.31 bits per heavy atom. The maximum atomic E-state index is 13.3. The lowest BCUT2D eigenvalue weighted by Gasteiger charge is -2.25. The second-order valence-corrected chi connectivity index (χ2v) is 6.74. The standard InChI is InChI=1S/C20H23N4O2/c1-13-10-18-22-12-23-24(18)20(15-7-5-9-21-15)19(13)16(25)11-14-6-3-4-8-17(14)26-2/h3-9,18,20-22H,10-12H2,1-2H3/q+1. The first-order valence-electron chi connectivity index (χ1n) is 8.86. The lowest BCUT2D eigenvalue weighted by atomic mass is 9.86. The van der Waals surface area contributed by atoms with E-state index in [0.717, 1.165) is 34.6 Å². The number of H-pyrrole nitrogens is 1. The zero-order valence-corrected chi connectivity index (χ0v) is 15.0. The molecular formula is C20H23N4O2+. The fourth-order valence-corrected chi connectivity index (χ4v) is 3.93. The summed E-state index contributed by atoms with van der Waals surface area (Å²) in [5.41, 5.74) is 3.85. The quantitative estimate of drug-likeness (QED) is 0.814. The first-order chi connectivity index (χ1) is 12.7. The van der Waals surface area contributed by atoms with Gasteiger partial charge in [-0.05, 0) is 30.2 Å². The number of ether oxygens (including phenoxy) is 1. The Morgan fingerprint density at radius 3 is 2.92 bits per heavy atom. The van der Waals surface area contributed by atoms with Crippen LogP contribution < -0.4 is 10.1 Å². The molecule has 0 amide bonds. The number of hydrogen-bond donors (Lipinski definition) is 2. The van der Waals surface area contributed by atoms with E-state index in [9.17, 15) is 4.79 Å². The Bertz CT molecular complexity index is 883. The van der Waals surface area contributed by atoms with Gasteiger partial charge in [-0.3, -0.25) is 4.79 Å². The first kappa shape index (κ1) is 16.7. The van der Waals surface area contributed by atoms with Gasteiger partial charge in [-0.2, -0.15) is 0 Å². The number of aromatic nitrogens is 1. The number of hydrogen-bond acceptors (Lipinski definition) is 4. The van der Waals surface area contributed by atoms with Crippen LogP contribution in [0.2, 0.25) is 0 Å². The molecule has 2 atom stereocenters. The van der Waals surface area contributed by atoms with Gasteiger partial charge in [-0.15, -0.1) is 0 Å². The average Bonchev–Trinajstić information content (AvgIpc) is 3.32. The van der Waals surface area contributed by atoms with Gasteiger partial charge < -0.3 is 9.72 Å². The topological polar surface area (TPSA) is 69.5 Å². The lowest BCUT2D eigenvalue weighted by Crippen LogP contribution is -2.41. The highest BCUT2D eigenvalue weighted by atomic mass is 16.5. The highest BCUT2D eigenvalue weighted by molar-refractivity contribution is 5.99. The number of nitrogens with one attached hydrogen (secondary N) is 2. The van der Waals surface area contributed by atoms with Gasteiger partial charge in [-0.1, -0.05) is 28.5 Å². The SMILES string of the molecule is COc1ccccc1CC(=O)C1=C(C)CC2NCN=[N+]2C1c1ccc[nH]1. The number of rotatable bonds is 5. The van der Waals surface area contributed by atoms with Crippen LogP contribution in [0.15, 0.2) is 58.9 Å². The van der Waals surface area contributed by atoms with Crippen molar-refractivity contribution in [2.24, 2.45) is 5.11 Å². The molecule has 0 fully saturated rings. The van der Waals surface area contributed by atoms with Crippen LogP contribution in [-0.4, -0.2) is 35.4 Å². The van der Waals surface area contributed by atoms with Crippen LogP contribution in [0.25, 0.3) is 0 Å². The van der Waals surface area contributed by atoms with Gasteiger partial charge in [0.1, 0.15) is 5.75 Å². The van der Waals surface area contributed by atoms with E-state index in [1.54, 1.807) is 7.11 Å². The third kappa shape index (κ3) is 2.86. The van der Waals surface area contributed by atoms with Crippen molar-refractivity contribution >= 4 is 5.78 Å². The number of fused-ring (bicyclic) bond motifs is 1. The summed E-state index contributed by atoms with van der Waals surface area (Å²) in [4.78, 5) is 16.6. The summed E-state index contributed by atoms with van der Waals surface area (Å²) in [7, 11) is 1.63. The van der Waals surface area contributed by atoms with Crippen molar-refractivity contribution in [3.8, 4) is 5.75 Å². The lowest BCUT2D eigenvalue weighted by molar-refractivity contribution is -0.652. The molecule has 0 aliphatic carbocycles. The number of azo groups is 2. The molecule has 26 heavy (non-hydrogen) atoms. The first-order valence-corrected chi connectivity index (χ1v) is 8.86. The number of aromatic amines is 1. The Morgan fingerprint density at radius 2 is 2.15 bits per heavy atom. The largest absolute Gasteiger partial charge is 0.496 e. The maximum absolute atomic E-state index is 13.3. The Balaban J connectivity index is 1.72. The van der Waals surface area contributed by atoms with Crippen molar-refractivity contribution in [3.05, 3.63) is 65.0 Å². The molecule has 0 saturated carbocycles. The molecule has 6 heteroatoms. The second-order valence-electron chi connectivity index (χ2n) is 6.74. The Labute approximate surface area is 152 Å². The number of para-hydroxylation sites is 1. The third-order valence-corrected chi connectivity index (χ3v) is 5.14. The van der Waals surface area contributed by atoms with Crippen molar-refractivity contribution in [1.82, 2.24) is 10.3 Å². The molecule has 1 aromatic heterocycles. The number of nitrogens with zero attached hydrogens (tertiary/aromatic N) is 2. The summed E-state index contributed by atoms with van der Waals surface area (Å²) in [5.74, 6) is 0.865. The van der Waals surface area contributed by atoms with Crippen LogP contribution in [0.5, 0.6) is 5.75 Å². The van der Waals surface area contributed by atoms with Gasteiger partial charge in [0.25, 0.3) is 0 Å². The van der Waals surface area contributed by atoms with Crippen LogP contribution in [-0.2, 0) is 11.2 Å². The molecule has 2 aromatic rings. The summed E-state index contributed by atoms with van der Waals surface area (Å²) >= 11 is 0. The van der Waals surface area contributed by atoms with E-state index in [4.69, 9.17) is 4.74 Å². The van der Waals surface area contributed by atoms with Gasteiger partial charge in [0.2, 0.25) is 12.2 Å². The fourth-order valence-electron chi connectivity index (χ4n) is 3.93. The second kappa shape index (κ2) is 6.88. The maximum Gasteiger partial charge on any atom is 0.248 e. The predicted molar refractivity (Wildman–Crippen MR) is 97.0 cm³/mol. The summed E-state index contributed by atoms with van der Waals surface area (Å²) in [6, 6.07) is 11.5. The van der Waals surface area contributed by atoms with E-state index in [1.807, 2.05) is 47.3 Å². The number of methoxy groups -OCH3 is 1. The number of carbonyl (C=O) groups excluding carboxylic acids is 1. The molecule has 0 bridgehead atoms. The molecule has 2 N–H and O–H groups in total. The molecule has 4 rings (SSSR count). The molecule has 2 unspecified atom stereocenters. The van der Waals surface area contributed by atoms with E-state index in [-0.39, 0.29) is 18.0 Å². The van der Waals surface area contributed by atoms with E-state index in [1.165, 1.54) is 0 Å². The van der Waals surface area contributed by atoms with Crippen LogP contribution in [0.3, 0.4) is 0 Å². The minimum Gasteiger partial charge on any atom is -0.496 e. The van der Waals surface area contributed by atoms with Crippen molar-refractivity contribution in [1.29, 1.82) is 0 Å². The van der Waals surface area contributed by atoms with E-state index < -0.39 is 0 Å². The summed E-state index contributed by atoms with van der Waals surface area (Å²) < 4.78 is 7.45. The number of Topliss-reactive ketones (excluding diaryl/α,β-unsaturated/α-hetero) is 1. The van der Waals surface area contributed by atoms with Crippen molar-refractivity contribution < 1.29 is 14.2 Å². The molecule has 0 spiro atoms. The zero-order valence-electron chi connectivity index (χ0n) is 15.0. The number of carbonyl (C=O) groups is 1. The van der Waals surface area contributed by atoms with Crippen LogP contribution >= 0.6 is 0 Å². The Kier molecular flexibility index (Phi) is 4.42. The van der Waals surface area contributed by atoms with Gasteiger partial charge in [0.15, 0.2) is 12.5 Å². The smallest absolute Gasteiger partial charge is 0.248 e. The summed E-state index contributed by atoms with van der Waals surface area (Å²) in [6.07, 6.45) is 3.15. The highest BCUT2D eigenvalue weighted by Crippen LogP contribution is 2.37. The minimum absolute atomic E-state index is 0.118. The van der Waals surface area contributed by atoms with Crippen molar-refractivity contribution in [2.45, 2.75) is 32.0 Å². The zero-order chi connectivity index (χ0) is 18.1. The van der Waals surface area contributed by atoms with Crippen LogP contribution in [0.1, 0.15) is 30.6 Å². The van der Waals surface area contributed by atoms with E-state index in [0.29, 0.717) is 13.1 Å². The van der Waals surface area contributed by atoms with Gasteiger partial charge >= 0.3 is 0 Å². The Hall–Kier alpha value is -2.73. The fraction of sp³-hybridized carbons (Fsp3) is 0.350. The molecule has 3 heterocycles. The van der Waals surface area contributed by atoms with Gasteiger partial charge in [0.05, 0.1) is 18.4 Å². The molecule has 1 aromatic carbocycles. The van der Waals surface area contributed by atoms with Crippen LogP contribution in [0.4, 0.5) is 0 Å². The van der Waals surface area contributed by atoms with Crippen molar-refractivity contribution in [3.63, 3.8) is 0 Å². The van der Waals surface area contributed by atoms with E-state index in [2.05, 4.69) is 22.3 Å². The van der Waals surface area contributed by atoms with E-state index >= 15 is 0 Å². The normalized spacial score (nSPS) is 22.2. The molecular weight excluding hydrogens is 328 g/mol. The highest BCUT2D eigenvalue weighted by Gasteiger charge is 2.46. The molecule has 2 aliphatic rings. The van der Waals surface area contributed by atoms with Crippen LogP contribution in [0, 0.1) is 0 Å². The molecule has 0 radical (unpaired) electrons. The summed E-state index contributed by atoms with van der Waals surface area (Å²) in [6.45, 7) is 2.64. The molecule has 0 saturated heterocycles. The number of benzene rings is 1. The molecule has 2 aliphatic heterocycles. The molecule has 6 nitrogen and oxygen atoms in total.